The smallest absolute Gasteiger partial charge is 0.227 e. The van der Waals surface area contributed by atoms with Crippen LogP contribution in [0.5, 0.6) is 0 Å². The Hall–Kier alpha value is -3.43. The van der Waals surface area contributed by atoms with Crippen molar-refractivity contribution in [1.29, 1.82) is 0 Å². The topological polar surface area (TPSA) is 20.3 Å². The van der Waals surface area contributed by atoms with Gasteiger partial charge in [-0.3, -0.25) is 4.79 Å². The van der Waals surface area contributed by atoms with Crippen LogP contribution in [-0.4, -0.2) is 5.91 Å². The SMILES string of the molecule is O=C(CCc1ccccc1)N(Cc1c2ccccc2cc2ccccc12)c1ccc(Br)cc1. The Morgan fingerprint density at radius 2 is 1.27 bits per heavy atom. The molecular formula is C30H24BrNO. The highest BCUT2D eigenvalue weighted by Crippen LogP contribution is 2.31. The number of anilines is 1. The molecule has 0 heterocycles. The van der Waals surface area contributed by atoms with E-state index < -0.39 is 0 Å². The van der Waals surface area contributed by atoms with Crippen molar-refractivity contribution in [1.82, 2.24) is 0 Å². The molecule has 3 heteroatoms. The van der Waals surface area contributed by atoms with Gasteiger partial charge in [0.15, 0.2) is 0 Å². The lowest BCUT2D eigenvalue weighted by Gasteiger charge is -2.25. The molecule has 5 aromatic carbocycles. The maximum absolute atomic E-state index is 13.6. The number of halogens is 1. The van der Waals surface area contributed by atoms with Crippen molar-refractivity contribution in [3.63, 3.8) is 0 Å². The lowest BCUT2D eigenvalue weighted by molar-refractivity contribution is -0.118. The quantitative estimate of drug-likeness (QED) is 0.220. The number of benzene rings is 5. The van der Waals surface area contributed by atoms with Crippen LogP contribution in [0.2, 0.25) is 0 Å². The van der Waals surface area contributed by atoms with Gasteiger partial charge in [-0.15, -0.1) is 0 Å². The van der Waals surface area contributed by atoms with Crippen LogP contribution >= 0.6 is 15.9 Å². The van der Waals surface area contributed by atoms with Gasteiger partial charge in [-0.25, -0.2) is 0 Å². The average molecular weight is 494 g/mol. The lowest BCUT2D eigenvalue weighted by Crippen LogP contribution is -2.30. The second kappa shape index (κ2) is 9.60. The number of hydrogen-bond acceptors (Lipinski definition) is 1. The van der Waals surface area contributed by atoms with Gasteiger partial charge in [-0.05, 0) is 69.4 Å². The van der Waals surface area contributed by atoms with Crippen LogP contribution in [0.15, 0.2) is 114 Å². The normalized spacial score (nSPS) is 11.1. The number of carbonyl (C=O) groups excluding carboxylic acids is 1. The summed E-state index contributed by atoms with van der Waals surface area (Å²) >= 11 is 3.52. The van der Waals surface area contributed by atoms with Gasteiger partial charge >= 0.3 is 0 Å². The maximum Gasteiger partial charge on any atom is 0.227 e. The molecule has 0 saturated carbocycles. The van der Waals surface area contributed by atoms with Crippen LogP contribution < -0.4 is 4.90 Å². The molecule has 33 heavy (non-hydrogen) atoms. The summed E-state index contributed by atoms with van der Waals surface area (Å²) in [5.74, 6) is 0.123. The van der Waals surface area contributed by atoms with Gasteiger partial charge in [-0.1, -0.05) is 94.8 Å². The molecule has 0 fully saturated rings. The van der Waals surface area contributed by atoms with Gasteiger partial charge in [0.05, 0.1) is 6.54 Å². The van der Waals surface area contributed by atoms with Gasteiger partial charge < -0.3 is 4.90 Å². The minimum Gasteiger partial charge on any atom is -0.308 e. The van der Waals surface area contributed by atoms with Gasteiger partial charge in [0.25, 0.3) is 0 Å². The Labute approximate surface area is 202 Å². The maximum atomic E-state index is 13.6. The van der Waals surface area contributed by atoms with Crippen LogP contribution in [0.3, 0.4) is 0 Å². The average Bonchev–Trinajstić information content (AvgIpc) is 2.86. The van der Waals surface area contributed by atoms with Crippen LogP contribution in [0, 0.1) is 0 Å². The number of amides is 1. The van der Waals surface area contributed by atoms with Crippen molar-refractivity contribution in [3.05, 3.63) is 125 Å². The van der Waals surface area contributed by atoms with Gasteiger partial charge in [-0.2, -0.15) is 0 Å². The molecule has 162 valence electrons. The number of aryl methyl sites for hydroxylation is 1. The van der Waals surface area contributed by atoms with Crippen molar-refractivity contribution < 1.29 is 4.79 Å². The summed E-state index contributed by atoms with van der Waals surface area (Å²) in [5, 5.41) is 4.76. The second-order valence-electron chi connectivity index (χ2n) is 8.24. The minimum absolute atomic E-state index is 0.123. The highest BCUT2D eigenvalue weighted by molar-refractivity contribution is 9.10. The third-order valence-corrected chi connectivity index (χ3v) is 6.64. The number of nitrogens with zero attached hydrogens (tertiary/aromatic N) is 1. The zero-order chi connectivity index (χ0) is 22.6. The summed E-state index contributed by atoms with van der Waals surface area (Å²) in [6.45, 7) is 0.525. The Bertz CT molecular complexity index is 1360. The van der Waals surface area contributed by atoms with Crippen molar-refractivity contribution >= 4 is 49.1 Å². The molecule has 0 spiro atoms. The van der Waals surface area contributed by atoms with Gasteiger partial charge in [0.2, 0.25) is 5.91 Å². The van der Waals surface area contributed by atoms with E-state index in [0.717, 1.165) is 16.6 Å². The highest BCUT2D eigenvalue weighted by atomic mass is 79.9. The molecule has 5 rings (SSSR count). The minimum atomic E-state index is 0.123. The fraction of sp³-hybridized carbons (Fsp3) is 0.100. The largest absolute Gasteiger partial charge is 0.308 e. The molecule has 2 nitrogen and oxygen atoms in total. The van der Waals surface area contributed by atoms with Crippen LogP contribution in [0.1, 0.15) is 17.5 Å². The summed E-state index contributed by atoms with van der Waals surface area (Å²) < 4.78 is 0.999. The van der Waals surface area contributed by atoms with E-state index >= 15 is 0 Å². The Kier molecular flexibility index (Phi) is 6.23. The number of carbonyl (C=O) groups is 1. The third-order valence-electron chi connectivity index (χ3n) is 6.11. The summed E-state index contributed by atoms with van der Waals surface area (Å²) in [7, 11) is 0. The molecule has 0 bridgehead atoms. The van der Waals surface area contributed by atoms with E-state index in [-0.39, 0.29) is 5.91 Å². The second-order valence-corrected chi connectivity index (χ2v) is 9.15. The van der Waals surface area contributed by atoms with E-state index in [1.165, 1.54) is 32.7 Å². The van der Waals surface area contributed by atoms with Crippen LogP contribution in [-0.2, 0) is 17.8 Å². The number of fused-ring (bicyclic) bond motifs is 2. The Morgan fingerprint density at radius 3 is 1.91 bits per heavy atom. The van der Waals surface area contributed by atoms with E-state index in [9.17, 15) is 4.79 Å². The lowest BCUT2D eigenvalue weighted by atomic mass is 9.96. The summed E-state index contributed by atoms with van der Waals surface area (Å²) in [6, 6.07) is 37.3. The first-order valence-corrected chi connectivity index (χ1v) is 12.0. The molecule has 5 aromatic rings. The Morgan fingerprint density at radius 1 is 0.697 bits per heavy atom. The van der Waals surface area contributed by atoms with Crippen molar-refractivity contribution in [2.24, 2.45) is 0 Å². The predicted molar refractivity (Wildman–Crippen MR) is 142 cm³/mol. The van der Waals surface area contributed by atoms with Crippen molar-refractivity contribution in [3.8, 4) is 0 Å². The molecule has 0 saturated heterocycles. The number of rotatable bonds is 6. The molecule has 0 aliphatic heterocycles. The zero-order valence-electron chi connectivity index (χ0n) is 18.2. The molecule has 0 aliphatic rings. The molecular weight excluding hydrogens is 470 g/mol. The van der Waals surface area contributed by atoms with E-state index in [0.29, 0.717) is 13.0 Å². The summed E-state index contributed by atoms with van der Waals surface area (Å²) in [5.41, 5.74) is 3.27. The first-order chi connectivity index (χ1) is 16.2. The molecule has 0 aromatic heterocycles. The molecule has 0 radical (unpaired) electrons. The van der Waals surface area contributed by atoms with Gasteiger partial charge in [0, 0.05) is 16.6 Å². The summed E-state index contributed by atoms with van der Waals surface area (Å²) in [4.78, 5) is 15.5. The molecule has 0 atom stereocenters. The molecule has 0 aliphatic carbocycles. The Balaban J connectivity index is 1.56. The van der Waals surface area contributed by atoms with Crippen LogP contribution in [0.4, 0.5) is 5.69 Å². The van der Waals surface area contributed by atoms with E-state index in [1.807, 2.05) is 47.4 Å². The fourth-order valence-corrected chi connectivity index (χ4v) is 4.68. The first kappa shape index (κ1) is 21.4. The third kappa shape index (κ3) is 4.69. The standard InChI is InChI=1S/C30H24BrNO/c31-25-15-17-26(18-16-25)32(30(33)19-14-22-8-2-1-3-9-22)21-29-27-12-6-4-10-23(27)20-24-11-5-7-13-28(24)29/h1-13,15-18,20H,14,19,21H2. The predicted octanol–water partition coefficient (Wildman–Crippen LogP) is 7.92. The fourth-order valence-electron chi connectivity index (χ4n) is 4.41. The first-order valence-electron chi connectivity index (χ1n) is 11.2. The van der Waals surface area contributed by atoms with Crippen LogP contribution in [0.25, 0.3) is 21.5 Å². The van der Waals surface area contributed by atoms with E-state index in [2.05, 4.69) is 82.7 Å². The number of hydrogen-bond donors (Lipinski definition) is 0. The molecule has 0 N–H and O–H groups in total. The molecule has 0 unspecified atom stereocenters. The van der Waals surface area contributed by atoms with Crippen molar-refractivity contribution in [2.75, 3.05) is 4.90 Å². The van der Waals surface area contributed by atoms with E-state index in [4.69, 9.17) is 0 Å². The summed E-state index contributed by atoms with van der Waals surface area (Å²) in [6.07, 6.45) is 1.19. The highest BCUT2D eigenvalue weighted by Gasteiger charge is 2.19. The van der Waals surface area contributed by atoms with Crippen molar-refractivity contribution in [2.45, 2.75) is 19.4 Å². The monoisotopic (exact) mass is 493 g/mol. The molecule has 1 amide bonds. The zero-order valence-corrected chi connectivity index (χ0v) is 19.8. The van der Waals surface area contributed by atoms with Gasteiger partial charge in [0.1, 0.15) is 0 Å². The van der Waals surface area contributed by atoms with E-state index in [1.54, 1.807) is 0 Å².